The fourth-order valence-electron chi connectivity index (χ4n) is 2.03. The molecule has 1 N–H and O–H groups in total. The summed E-state index contributed by atoms with van der Waals surface area (Å²) >= 11 is 0. The van der Waals surface area contributed by atoms with Crippen LogP contribution in [0.3, 0.4) is 0 Å². The fourth-order valence-corrected chi connectivity index (χ4v) is 2.03. The van der Waals surface area contributed by atoms with Crippen molar-refractivity contribution in [3.8, 4) is 5.75 Å². The number of hydrogen-bond acceptors (Lipinski definition) is 2. The summed E-state index contributed by atoms with van der Waals surface area (Å²) in [6.07, 6.45) is -14.9. The molecule has 0 unspecified atom stereocenters. The van der Waals surface area contributed by atoms with Gasteiger partial charge < -0.3 is 9.84 Å². The van der Waals surface area contributed by atoms with Gasteiger partial charge in [-0.15, -0.1) is 0 Å². The van der Waals surface area contributed by atoms with Gasteiger partial charge in [-0.3, -0.25) is 0 Å². The molecule has 0 aromatic heterocycles. The zero-order valence-electron chi connectivity index (χ0n) is 15.5. The Kier molecular flexibility index (Phi) is 7.08. The van der Waals surface area contributed by atoms with Crippen LogP contribution in [0, 0.1) is 0 Å². The monoisotopic (exact) mass is 556 g/mol. The number of alkyl halides is 17. The number of halogens is 17. The molecule has 0 spiro atoms. The molecule has 0 aliphatic heterocycles. The maximum Gasteiger partial charge on any atom is 0.471 e. The standard InChI is InChI=1S/C15H5F17O3/c16-8(17,10(20,21)12(24,25)14(28,29)30)9(18,19)11(22,23)13(26,27)15(31,32)35-6-3-1-5(2-4-6)7(33)34/h1-4H,(H,33,34). The molecular weight excluding hydrogens is 551 g/mol. The van der Waals surface area contributed by atoms with Gasteiger partial charge in [0, 0.05) is 0 Å². The van der Waals surface area contributed by atoms with E-state index in [9.17, 15) is 79.4 Å². The topological polar surface area (TPSA) is 46.5 Å². The molecule has 1 rings (SSSR count). The van der Waals surface area contributed by atoms with E-state index in [4.69, 9.17) is 5.11 Å². The third-order valence-corrected chi connectivity index (χ3v) is 4.04. The van der Waals surface area contributed by atoms with Crippen molar-refractivity contribution in [2.24, 2.45) is 0 Å². The predicted molar refractivity (Wildman–Crippen MR) is 74.7 cm³/mol. The van der Waals surface area contributed by atoms with Crippen LogP contribution in [0.5, 0.6) is 5.75 Å². The number of carboxylic acid groups (broad SMARTS) is 1. The van der Waals surface area contributed by atoms with E-state index < -0.39 is 65.1 Å². The second-order valence-electron chi connectivity index (χ2n) is 6.39. The first-order valence-corrected chi connectivity index (χ1v) is 7.87. The highest BCUT2D eigenvalue weighted by Crippen LogP contribution is 2.63. The Morgan fingerprint density at radius 2 is 0.857 bits per heavy atom. The number of carboxylic acids is 1. The van der Waals surface area contributed by atoms with Crippen molar-refractivity contribution in [3.05, 3.63) is 29.8 Å². The van der Waals surface area contributed by atoms with E-state index in [1.54, 1.807) is 0 Å². The Balaban J connectivity index is 3.55. The second kappa shape index (κ2) is 8.17. The van der Waals surface area contributed by atoms with E-state index in [0.29, 0.717) is 0 Å². The SMILES string of the molecule is O=C(O)c1ccc(OC(F)(F)C(F)(F)C(F)(F)C(F)(F)C(F)(F)C(F)(F)C(F)(F)C(F)(F)F)cc1. The fraction of sp³-hybridized carbons (Fsp3) is 0.533. The maximum absolute atomic E-state index is 13.6. The molecule has 0 saturated heterocycles. The minimum Gasteiger partial charge on any atom is -0.478 e. The molecule has 35 heavy (non-hydrogen) atoms. The molecule has 20 heteroatoms. The summed E-state index contributed by atoms with van der Waals surface area (Å²) in [5, 5.41) is 8.54. The number of rotatable bonds is 9. The van der Waals surface area contributed by atoms with E-state index >= 15 is 0 Å². The number of carbonyl (C=O) groups is 1. The average Bonchev–Trinajstić information content (AvgIpc) is 2.66. The summed E-state index contributed by atoms with van der Waals surface area (Å²) in [6.45, 7) is 0. The van der Waals surface area contributed by atoms with Crippen LogP contribution in [0.2, 0.25) is 0 Å². The Morgan fingerprint density at radius 1 is 0.543 bits per heavy atom. The molecule has 0 bridgehead atoms. The summed E-state index contributed by atoms with van der Waals surface area (Å²) in [7, 11) is 0. The van der Waals surface area contributed by atoms with Crippen molar-refractivity contribution >= 4 is 5.97 Å². The number of aromatic carboxylic acids is 1. The van der Waals surface area contributed by atoms with Gasteiger partial charge in [0.1, 0.15) is 5.75 Å². The Labute approximate surface area is 180 Å². The third kappa shape index (κ3) is 4.27. The number of hydrogen-bond donors (Lipinski definition) is 1. The van der Waals surface area contributed by atoms with Crippen molar-refractivity contribution in [3.63, 3.8) is 0 Å². The summed E-state index contributed by atoms with van der Waals surface area (Å²) in [5.74, 6) is -54.3. The smallest absolute Gasteiger partial charge is 0.471 e. The van der Waals surface area contributed by atoms with Gasteiger partial charge in [-0.25, -0.2) is 4.79 Å². The van der Waals surface area contributed by atoms with Crippen LogP contribution < -0.4 is 4.74 Å². The molecule has 0 aliphatic carbocycles. The summed E-state index contributed by atoms with van der Waals surface area (Å²) in [5.41, 5.74) is -0.781. The second-order valence-corrected chi connectivity index (χ2v) is 6.39. The van der Waals surface area contributed by atoms with Gasteiger partial charge in [0.2, 0.25) is 0 Å². The minimum absolute atomic E-state index is 0.0242. The van der Waals surface area contributed by atoms with Gasteiger partial charge >= 0.3 is 53.8 Å². The van der Waals surface area contributed by atoms with E-state index in [2.05, 4.69) is 4.74 Å². The van der Waals surface area contributed by atoms with Crippen molar-refractivity contribution < 1.29 is 89.3 Å². The lowest BCUT2D eigenvalue weighted by Gasteiger charge is -2.42. The van der Waals surface area contributed by atoms with Crippen molar-refractivity contribution in [1.82, 2.24) is 0 Å². The van der Waals surface area contributed by atoms with Crippen LogP contribution in [0.15, 0.2) is 24.3 Å². The van der Waals surface area contributed by atoms with Crippen molar-refractivity contribution in [2.45, 2.75) is 47.8 Å². The molecule has 1 aromatic carbocycles. The van der Waals surface area contributed by atoms with E-state index in [0.717, 1.165) is 0 Å². The van der Waals surface area contributed by atoms with Crippen molar-refractivity contribution in [2.75, 3.05) is 0 Å². The van der Waals surface area contributed by atoms with Crippen LogP contribution in [0.25, 0.3) is 0 Å². The Morgan fingerprint density at radius 3 is 1.17 bits per heavy atom. The minimum atomic E-state index is -8.73. The summed E-state index contributed by atoms with van der Waals surface area (Å²) < 4.78 is 226. The van der Waals surface area contributed by atoms with Gasteiger partial charge in [-0.2, -0.15) is 74.6 Å². The van der Waals surface area contributed by atoms with Crippen LogP contribution in [0.1, 0.15) is 10.4 Å². The third-order valence-electron chi connectivity index (χ3n) is 4.04. The summed E-state index contributed by atoms with van der Waals surface area (Å²) in [6, 6.07) is 0.617. The predicted octanol–water partition coefficient (Wildman–Crippen LogP) is 6.73. The maximum atomic E-state index is 13.6. The highest BCUT2D eigenvalue weighted by Gasteiger charge is 2.95. The molecule has 202 valence electrons. The molecule has 0 amide bonds. The Hall–Kier alpha value is -2.70. The lowest BCUT2D eigenvalue weighted by atomic mass is 9.90. The van der Waals surface area contributed by atoms with Crippen LogP contribution >= 0.6 is 0 Å². The zero-order valence-corrected chi connectivity index (χ0v) is 15.5. The normalized spacial score (nSPS) is 15.2. The molecule has 0 aliphatic rings. The molecule has 1 aromatic rings. The molecule has 0 radical (unpaired) electrons. The Bertz CT molecular complexity index is 933. The molecule has 3 nitrogen and oxygen atoms in total. The summed E-state index contributed by atoms with van der Waals surface area (Å²) in [4.78, 5) is 10.6. The van der Waals surface area contributed by atoms with E-state index in [-0.39, 0.29) is 24.3 Å². The molecule has 0 fully saturated rings. The molecular formula is C15H5F17O3. The van der Waals surface area contributed by atoms with Gasteiger partial charge in [0.05, 0.1) is 5.56 Å². The highest BCUT2D eigenvalue weighted by atomic mass is 19.4. The van der Waals surface area contributed by atoms with Gasteiger partial charge in [0.15, 0.2) is 0 Å². The van der Waals surface area contributed by atoms with Crippen LogP contribution in [-0.4, -0.2) is 58.9 Å². The highest BCUT2D eigenvalue weighted by molar-refractivity contribution is 5.87. The van der Waals surface area contributed by atoms with E-state index in [1.807, 2.05) is 0 Å². The average molecular weight is 556 g/mol. The van der Waals surface area contributed by atoms with Crippen molar-refractivity contribution in [1.29, 1.82) is 0 Å². The number of ether oxygens (including phenoxy) is 1. The van der Waals surface area contributed by atoms with Crippen LogP contribution in [-0.2, 0) is 0 Å². The van der Waals surface area contributed by atoms with Gasteiger partial charge in [0.25, 0.3) is 0 Å². The number of benzene rings is 1. The zero-order chi connectivity index (χ0) is 28.3. The lowest BCUT2D eigenvalue weighted by molar-refractivity contribution is -0.471. The lowest BCUT2D eigenvalue weighted by Crippen LogP contribution is -2.74. The van der Waals surface area contributed by atoms with Gasteiger partial charge in [-0.05, 0) is 24.3 Å². The largest absolute Gasteiger partial charge is 0.478 e. The van der Waals surface area contributed by atoms with Gasteiger partial charge in [-0.1, -0.05) is 0 Å². The first-order chi connectivity index (χ1) is 15.1. The first kappa shape index (κ1) is 30.3. The van der Waals surface area contributed by atoms with Crippen LogP contribution in [0.4, 0.5) is 74.6 Å². The van der Waals surface area contributed by atoms with E-state index in [1.165, 1.54) is 0 Å². The molecule has 0 saturated carbocycles. The molecule has 0 atom stereocenters. The first-order valence-electron chi connectivity index (χ1n) is 7.87. The quantitative estimate of drug-likeness (QED) is 0.344. The molecule has 0 heterocycles.